The normalized spacial score (nSPS) is 34.4. The first-order chi connectivity index (χ1) is 8.09. The third kappa shape index (κ3) is 1.73. The minimum absolute atomic E-state index is 0.0383. The summed E-state index contributed by atoms with van der Waals surface area (Å²) in [6.45, 7) is 5.26. The van der Waals surface area contributed by atoms with Crippen LogP contribution in [-0.2, 0) is 9.53 Å². The molecule has 0 radical (unpaired) electrons. The molecule has 94 valence electrons. The maximum absolute atomic E-state index is 11.7. The van der Waals surface area contributed by atoms with Crippen LogP contribution in [0.15, 0.2) is 11.6 Å². The lowest BCUT2D eigenvalue weighted by molar-refractivity contribution is -0.151. The minimum atomic E-state index is 0.0383. The molecule has 2 heteroatoms. The van der Waals surface area contributed by atoms with Gasteiger partial charge in [0.15, 0.2) is 0 Å². The highest BCUT2D eigenvalue weighted by Crippen LogP contribution is 2.59. The summed E-state index contributed by atoms with van der Waals surface area (Å²) in [5.41, 5.74) is 1.82. The van der Waals surface area contributed by atoms with Gasteiger partial charge in [-0.05, 0) is 48.5 Å². The van der Waals surface area contributed by atoms with E-state index in [9.17, 15) is 4.79 Å². The van der Waals surface area contributed by atoms with Crippen molar-refractivity contribution in [1.29, 1.82) is 0 Å². The van der Waals surface area contributed by atoms with Crippen molar-refractivity contribution in [3.8, 4) is 0 Å². The monoisotopic (exact) mass is 234 g/mol. The van der Waals surface area contributed by atoms with E-state index < -0.39 is 0 Å². The summed E-state index contributed by atoms with van der Waals surface area (Å²) in [5.74, 6) is 1.77. The van der Waals surface area contributed by atoms with Crippen LogP contribution in [0.4, 0.5) is 0 Å². The lowest BCUT2D eigenvalue weighted by Gasteiger charge is -2.56. The second-order valence-electron chi connectivity index (χ2n) is 6.56. The van der Waals surface area contributed by atoms with Gasteiger partial charge in [0, 0.05) is 0 Å². The molecule has 4 aliphatic rings. The predicted octanol–water partition coefficient (Wildman–Crippen LogP) is 3.32. The number of fused-ring (bicyclic) bond motifs is 1. The van der Waals surface area contributed by atoms with E-state index in [1.165, 1.54) is 24.8 Å². The second kappa shape index (κ2) is 3.86. The van der Waals surface area contributed by atoms with Crippen LogP contribution in [0, 0.1) is 23.2 Å². The molecule has 0 spiro atoms. The Morgan fingerprint density at radius 1 is 1.47 bits per heavy atom. The molecule has 2 fully saturated rings. The fourth-order valence-corrected chi connectivity index (χ4v) is 3.56. The molecule has 0 amide bonds. The van der Waals surface area contributed by atoms with Crippen LogP contribution in [-0.4, -0.2) is 12.6 Å². The van der Waals surface area contributed by atoms with Gasteiger partial charge in [0.25, 0.3) is 0 Å². The van der Waals surface area contributed by atoms with Gasteiger partial charge >= 0.3 is 5.97 Å². The Kier molecular flexibility index (Phi) is 2.57. The number of rotatable bonds is 3. The fourth-order valence-electron chi connectivity index (χ4n) is 3.56. The van der Waals surface area contributed by atoms with Gasteiger partial charge in [0.1, 0.15) is 6.61 Å². The largest absolute Gasteiger partial charge is 0.461 e. The van der Waals surface area contributed by atoms with Crippen LogP contribution in [0.25, 0.3) is 0 Å². The van der Waals surface area contributed by atoms with Crippen LogP contribution in [0.5, 0.6) is 0 Å². The maximum Gasteiger partial charge on any atom is 0.309 e. The summed E-state index contributed by atoms with van der Waals surface area (Å²) in [6, 6.07) is 0. The topological polar surface area (TPSA) is 26.3 Å². The standard InChI is InChI=1S/C15H22O2/c1-15(2)12-7-6-11(13(15)8-12)9-17-14(16)10-4-3-5-10/h6,10,12-13H,3-5,7-9H2,1-2H3. The zero-order chi connectivity index (χ0) is 12.0. The molecule has 0 aromatic heterocycles. The van der Waals surface area contributed by atoms with Gasteiger partial charge in [-0.2, -0.15) is 0 Å². The average molecular weight is 234 g/mol. The van der Waals surface area contributed by atoms with Gasteiger partial charge in [-0.1, -0.05) is 26.3 Å². The third-order valence-corrected chi connectivity index (χ3v) is 5.40. The van der Waals surface area contributed by atoms with E-state index in [1.54, 1.807) is 0 Å². The van der Waals surface area contributed by atoms with Gasteiger partial charge in [-0.25, -0.2) is 0 Å². The number of esters is 1. The predicted molar refractivity (Wildman–Crippen MR) is 66.4 cm³/mol. The quantitative estimate of drug-likeness (QED) is 0.553. The Morgan fingerprint density at radius 2 is 2.24 bits per heavy atom. The first-order valence-electron chi connectivity index (χ1n) is 6.94. The Balaban J connectivity index is 1.55. The molecule has 2 bridgehead atoms. The zero-order valence-corrected chi connectivity index (χ0v) is 10.9. The first kappa shape index (κ1) is 11.3. The number of allylic oxidation sites excluding steroid dienone is 1. The molecule has 0 aliphatic heterocycles. The number of carbonyl (C=O) groups excluding carboxylic acids is 1. The molecule has 2 nitrogen and oxygen atoms in total. The summed E-state index contributed by atoms with van der Waals surface area (Å²) >= 11 is 0. The van der Waals surface area contributed by atoms with Gasteiger partial charge in [0.2, 0.25) is 0 Å². The van der Waals surface area contributed by atoms with Crippen molar-refractivity contribution in [2.75, 3.05) is 6.61 Å². The lowest BCUT2D eigenvalue weighted by atomic mass is 9.49. The highest BCUT2D eigenvalue weighted by molar-refractivity contribution is 5.73. The Labute approximate surface area is 103 Å². The van der Waals surface area contributed by atoms with Crippen molar-refractivity contribution in [2.45, 2.75) is 46.0 Å². The van der Waals surface area contributed by atoms with E-state index in [1.807, 2.05) is 0 Å². The molecular weight excluding hydrogens is 212 g/mol. The van der Waals surface area contributed by atoms with Crippen LogP contribution in [0.1, 0.15) is 46.0 Å². The van der Waals surface area contributed by atoms with Gasteiger partial charge < -0.3 is 4.74 Å². The summed E-state index contributed by atoms with van der Waals surface area (Å²) < 4.78 is 5.47. The Bertz CT molecular complexity index is 363. The van der Waals surface area contributed by atoms with E-state index in [4.69, 9.17) is 4.74 Å². The zero-order valence-electron chi connectivity index (χ0n) is 10.9. The summed E-state index contributed by atoms with van der Waals surface area (Å²) in [7, 11) is 0. The van der Waals surface area contributed by atoms with Crippen molar-refractivity contribution in [3.05, 3.63) is 11.6 Å². The molecule has 4 aliphatic carbocycles. The SMILES string of the molecule is CC1(C)C2CC=C(COC(=O)C3CCC3)C1C2. The van der Waals surface area contributed by atoms with Crippen LogP contribution < -0.4 is 0 Å². The number of hydrogen-bond acceptors (Lipinski definition) is 2. The molecule has 2 atom stereocenters. The molecule has 0 N–H and O–H groups in total. The summed E-state index contributed by atoms with van der Waals surface area (Å²) in [6.07, 6.45) is 8.07. The third-order valence-electron chi connectivity index (χ3n) is 5.40. The molecular formula is C15H22O2. The number of carbonyl (C=O) groups is 1. The van der Waals surface area contributed by atoms with Crippen molar-refractivity contribution < 1.29 is 9.53 Å². The number of ether oxygens (including phenoxy) is 1. The fraction of sp³-hybridized carbons (Fsp3) is 0.800. The first-order valence-corrected chi connectivity index (χ1v) is 6.94. The van der Waals surface area contributed by atoms with E-state index in [2.05, 4.69) is 19.9 Å². The second-order valence-corrected chi connectivity index (χ2v) is 6.56. The molecule has 0 heterocycles. The number of hydrogen-bond donors (Lipinski definition) is 0. The smallest absolute Gasteiger partial charge is 0.309 e. The Hall–Kier alpha value is -0.790. The van der Waals surface area contributed by atoms with Crippen molar-refractivity contribution in [2.24, 2.45) is 23.2 Å². The van der Waals surface area contributed by atoms with Crippen molar-refractivity contribution >= 4 is 5.97 Å². The van der Waals surface area contributed by atoms with Gasteiger partial charge in [-0.15, -0.1) is 0 Å². The average Bonchev–Trinajstić information content (AvgIpc) is 2.24. The molecule has 0 aromatic rings. The van der Waals surface area contributed by atoms with Crippen LogP contribution in [0.2, 0.25) is 0 Å². The Morgan fingerprint density at radius 3 is 2.76 bits per heavy atom. The maximum atomic E-state index is 11.7. The molecule has 2 saturated carbocycles. The van der Waals surface area contributed by atoms with Gasteiger partial charge in [-0.3, -0.25) is 4.79 Å². The molecule has 4 rings (SSSR count). The molecule has 0 saturated heterocycles. The van der Waals surface area contributed by atoms with E-state index in [-0.39, 0.29) is 11.9 Å². The van der Waals surface area contributed by atoms with E-state index in [0.29, 0.717) is 17.9 Å². The van der Waals surface area contributed by atoms with E-state index >= 15 is 0 Å². The molecule has 0 aromatic carbocycles. The van der Waals surface area contributed by atoms with Gasteiger partial charge in [0.05, 0.1) is 5.92 Å². The summed E-state index contributed by atoms with van der Waals surface area (Å²) in [4.78, 5) is 11.7. The highest BCUT2D eigenvalue weighted by atomic mass is 16.5. The highest BCUT2D eigenvalue weighted by Gasteiger charge is 2.51. The van der Waals surface area contributed by atoms with Crippen molar-refractivity contribution in [1.82, 2.24) is 0 Å². The molecule has 17 heavy (non-hydrogen) atoms. The summed E-state index contributed by atoms with van der Waals surface area (Å²) in [5, 5.41) is 0. The lowest BCUT2D eigenvalue weighted by Crippen LogP contribution is -2.48. The van der Waals surface area contributed by atoms with Crippen molar-refractivity contribution in [3.63, 3.8) is 0 Å². The van der Waals surface area contributed by atoms with E-state index in [0.717, 1.165) is 18.8 Å². The van der Waals surface area contributed by atoms with Crippen LogP contribution >= 0.6 is 0 Å². The van der Waals surface area contributed by atoms with Crippen LogP contribution in [0.3, 0.4) is 0 Å². The molecule has 2 unspecified atom stereocenters. The minimum Gasteiger partial charge on any atom is -0.461 e.